The lowest BCUT2D eigenvalue weighted by molar-refractivity contribution is -0.305. The van der Waals surface area contributed by atoms with E-state index in [4.69, 9.17) is 0 Å². The van der Waals surface area contributed by atoms with Crippen LogP contribution in [0.4, 0.5) is 30.7 Å². The van der Waals surface area contributed by atoms with Crippen LogP contribution in [0.25, 0.3) is 0 Å². The molecule has 1 fully saturated rings. The molecule has 0 aliphatic heterocycles. The lowest BCUT2D eigenvalue weighted by Gasteiger charge is -2.25. The smallest absolute Gasteiger partial charge is 0.427 e. The van der Waals surface area contributed by atoms with Gasteiger partial charge in [0.05, 0.1) is 0 Å². The largest absolute Gasteiger partial charge is 0.439 e. The third kappa shape index (κ3) is 7.93. The minimum atomic E-state index is -5.83. The highest BCUT2D eigenvalue weighted by atomic mass is 19.4. The Morgan fingerprint density at radius 1 is 1.03 bits per heavy atom. The van der Waals surface area contributed by atoms with Gasteiger partial charge in [-0.25, -0.2) is 8.78 Å². The molecule has 1 aromatic carbocycles. The Morgan fingerprint density at radius 3 is 2.29 bits per heavy atom. The summed E-state index contributed by atoms with van der Waals surface area (Å²) in [6.45, 7) is 2.18. The second-order valence-electron chi connectivity index (χ2n) is 8.05. The fourth-order valence-electron chi connectivity index (χ4n) is 3.69. The average molecular weight is 452 g/mol. The maximum absolute atomic E-state index is 14.0. The Balaban J connectivity index is 1.90. The molecule has 0 N–H and O–H groups in total. The molecule has 1 aliphatic carbocycles. The van der Waals surface area contributed by atoms with Crippen molar-refractivity contribution in [2.45, 2.75) is 83.2 Å². The highest BCUT2D eigenvalue weighted by Crippen LogP contribution is 2.37. The first-order valence-corrected chi connectivity index (χ1v) is 10.6. The van der Waals surface area contributed by atoms with Crippen LogP contribution in [-0.4, -0.2) is 18.5 Å². The van der Waals surface area contributed by atoms with Crippen molar-refractivity contribution in [3.8, 4) is 17.6 Å². The van der Waals surface area contributed by atoms with Crippen molar-refractivity contribution in [1.82, 2.24) is 0 Å². The Morgan fingerprint density at radius 2 is 1.71 bits per heavy atom. The van der Waals surface area contributed by atoms with Crippen LogP contribution in [0.5, 0.6) is 5.75 Å². The lowest BCUT2D eigenvalue weighted by Crippen LogP contribution is -2.45. The summed E-state index contributed by atoms with van der Waals surface area (Å²) in [7, 11) is 0. The third-order valence-electron chi connectivity index (χ3n) is 5.49. The number of hydrogen-bond donors (Lipinski definition) is 0. The van der Waals surface area contributed by atoms with Crippen molar-refractivity contribution in [1.29, 1.82) is 0 Å². The first-order valence-electron chi connectivity index (χ1n) is 10.6. The Labute approximate surface area is 178 Å². The molecule has 0 amide bonds. The predicted octanol–water partition coefficient (Wildman–Crippen LogP) is 7.83. The normalized spacial score (nSPS) is 20.6. The van der Waals surface area contributed by atoms with E-state index in [-0.39, 0.29) is 11.5 Å². The van der Waals surface area contributed by atoms with E-state index in [9.17, 15) is 30.7 Å². The van der Waals surface area contributed by atoms with Crippen molar-refractivity contribution >= 4 is 0 Å². The number of hydrogen-bond acceptors (Lipinski definition) is 1. The summed E-state index contributed by atoms with van der Waals surface area (Å²) in [5.41, 5.74) is 0.183. The Bertz CT molecular complexity index is 755. The second kappa shape index (κ2) is 11.1. The molecule has 174 valence electrons. The van der Waals surface area contributed by atoms with E-state index >= 15 is 0 Å². The number of unbranched alkanes of at least 4 members (excludes halogenated alkanes) is 3. The molecule has 1 atom stereocenters. The average Bonchev–Trinajstić information content (AvgIpc) is 2.71. The molecule has 0 radical (unpaired) electrons. The zero-order valence-electron chi connectivity index (χ0n) is 17.4. The summed E-state index contributed by atoms with van der Waals surface area (Å²) in [6, 6.07) is 2.67. The maximum Gasteiger partial charge on any atom is 0.439 e. The third-order valence-corrected chi connectivity index (χ3v) is 5.49. The van der Waals surface area contributed by atoms with Crippen LogP contribution in [-0.2, 0) is 0 Å². The molecule has 0 heterocycles. The molecule has 31 heavy (non-hydrogen) atoms. The molecule has 1 aromatic rings. The van der Waals surface area contributed by atoms with E-state index in [2.05, 4.69) is 23.5 Å². The van der Waals surface area contributed by atoms with Crippen LogP contribution >= 0.6 is 0 Å². The van der Waals surface area contributed by atoms with E-state index < -0.39 is 30.0 Å². The van der Waals surface area contributed by atoms with Crippen molar-refractivity contribution in [2.24, 2.45) is 11.8 Å². The van der Waals surface area contributed by atoms with Crippen LogP contribution in [0, 0.1) is 29.5 Å². The summed E-state index contributed by atoms with van der Waals surface area (Å²) in [4.78, 5) is 0. The summed E-state index contributed by atoms with van der Waals surface area (Å²) >= 11 is 0. The van der Waals surface area contributed by atoms with Crippen molar-refractivity contribution < 1.29 is 35.5 Å². The summed E-state index contributed by atoms with van der Waals surface area (Å²) in [6.07, 6.45) is -5.39. The summed E-state index contributed by atoms with van der Waals surface area (Å²) in [5.74, 6) is 4.19. The monoisotopic (exact) mass is 452 g/mol. The minimum Gasteiger partial charge on any atom is -0.427 e. The molecule has 0 saturated heterocycles. The predicted molar refractivity (Wildman–Crippen MR) is 104 cm³/mol. The molecule has 1 nitrogen and oxygen atoms in total. The fourth-order valence-corrected chi connectivity index (χ4v) is 3.69. The van der Waals surface area contributed by atoms with Crippen LogP contribution in [0.3, 0.4) is 0 Å². The van der Waals surface area contributed by atoms with Gasteiger partial charge in [0.1, 0.15) is 0 Å². The fraction of sp³-hybridized carbons (Fsp3) is 0.652. The molecular formula is C23H27F7O. The summed E-state index contributed by atoms with van der Waals surface area (Å²) < 4.78 is 93.7. The first kappa shape index (κ1) is 25.4. The first-order chi connectivity index (χ1) is 14.5. The molecule has 1 saturated carbocycles. The zero-order chi connectivity index (χ0) is 23.1. The van der Waals surface area contributed by atoms with Gasteiger partial charge in [-0.2, -0.15) is 22.0 Å². The van der Waals surface area contributed by atoms with Crippen molar-refractivity contribution in [3.05, 3.63) is 29.6 Å². The topological polar surface area (TPSA) is 9.23 Å². The van der Waals surface area contributed by atoms with E-state index in [0.29, 0.717) is 5.92 Å². The maximum atomic E-state index is 14.0. The van der Waals surface area contributed by atoms with Crippen molar-refractivity contribution in [2.75, 3.05) is 0 Å². The van der Waals surface area contributed by atoms with Gasteiger partial charge in [0.2, 0.25) is 0 Å². The molecule has 0 aromatic heterocycles. The molecule has 0 bridgehead atoms. The van der Waals surface area contributed by atoms with Gasteiger partial charge in [-0.3, -0.25) is 0 Å². The van der Waals surface area contributed by atoms with E-state index in [1.165, 1.54) is 32.1 Å². The van der Waals surface area contributed by atoms with Gasteiger partial charge in [-0.15, -0.1) is 0 Å². The highest BCUT2D eigenvalue weighted by Gasteiger charge is 2.59. The van der Waals surface area contributed by atoms with Crippen LogP contribution in [0.1, 0.15) is 70.3 Å². The van der Waals surface area contributed by atoms with Gasteiger partial charge < -0.3 is 4.74 Å². The Kier molecular flexibility index (Phi) is 9.08. The summed E-state index contributed by atoms with van der Waals surface area (Å²) in [5, 5.41) is 0. The second-order valence-corrected chi connectivity index (χ2v) is 8.05. The van der Waals surface area contributed by atoms with Gasteiger partial charge in [-0.05, 0) is 49.8 Å². The van der Waals surface area contributed by atoms with Crippen molar-refractivity contribution in [3.63, 3.8) is 0 Å². The quantitative estimate of drug-likeness (QED) is 0.222. The van der Waals surface area contributed by atoms with Gasteiger partial charge in [-0.1, -0.05) is 50.9 Å². The molecule has 1 unspecified atom stereocenters. The number of halogens is 7. The molecule has 2 rings (SSSR count). The molecular weight excluding hydrogens is 425 g/mol. The SMILES string of the molecule is CCCCCCC1CCC(C#Cc2ccc(OC(F)(F)C(F)C(F)(F)F)c(F)c2)CC1. The van der Waals surface area contributed by atoms with Gasteiger partial charge >= 0.3 is 12.3 Å². The molecule has 8 heteroatoms. The standard InChI is InChI=1S/C23H27F7O/c1-2-3-4-5-6-16-7-9-17(10-8-16)11-12-18-13-14-20(19(24)15-18)31-23(29,30)21(25)22(26,27)28/h13-17,21H,2-10H2,1H3. The number of alkyl halides is 6. The number of benzene rings is 1. The van der Waals surface area contributed by atoms with Crippen LogP contribution < -0.4 is 4.74 Å². The van der Waals surface area contributed by atoms with E-state index in [1.807, 2.05) is 0 Å². The zero-order valence-corrected chi connectivity index (χ0v) is 17.4. The highest BCUT2D eigenvalue weighted by molar-refractivity contribution is 5.39. The lowest BCUT2D eigenvalue weighted by atomic mass is 9.80. The minimum absolute atomic E-state index is 0.161. The van der Waals surface area contributed by atoms with Gasteiger partial charge in [0, 0.05) is 11.5 Å². The molecule has 1 aliphatic rings. The molecule has 0 spiro atoms. The number of ether oxygens (including phenoxy) is 1. The van der Waals surface area contributed by atoms with E-state index in [0.717, 1.165) is 43.9 Å². The van der Waals surface area contributed by atoms with Crippen LogP contribution in [0.15, 0.2) is 18.2 Å². The van der Waals surface area contributed by atoms with Gasteiger partial charge in [0.25, 0.3) is 6.17 Å². The Hall–Kier alpha value is -1.91. The van der Waals surface area contributed by atoms with E-state index in [1.54, 1.807) is 0 Å². The van der Waals surface area contributed by atoms with Crippen LogP contribution in [0.2, 0.25) is 0 Å². The number of rotatable bonds is 8. The van der Waals surface area contributed by atoms with Gasteiger partial charge in [0.15, 0.2) is 11.6 Å².